The molecule has 3 aromatic rings. The molecule has 0 atom stereocenters. The summed E-state index contributed by atoms with van der Waals surface area (Å²) in [4.78, 5) is 35.7. The first-order chi connectivity index (χ1) is 15.9. The number of anilines is 1. The van der Waals surface area contributed by atoms with E-state index in [1.807, 2.05) is 0 Å². The fourth-order valence-corrected chi connectivity index (χ4v) is 2.91. The van der Waals surface area contributed by atoms with Crippen LogP contribution in [0.3, 0.4) is 0 Å². The molecule has 2 N–H and O–H groups in total. The quantitative estimate of drug-likeness (QED) is 0.307. The lowest BCUT2D eigenvalue weighted by Gasteiger charge is -2.12. The molecular formula is C23H20N4O6. The summed E-state index contributed by atoms with van der Waals surface area (Å²) in [5, 5.41) is 17.4. The molecule has 33 heavy (non-hydrogen) atoms. The Balaban J connectivity index is 1.73. The average Bonchev–Trinajstić information content (AvgIpc) is 2.83. The highest BCUT2D eigenvalue weighted by atomic mass is 16.6. The van der Waals surface area contributed by atoms with Gasteiger partial charge >= 0.3 is 0 Å². The van der Waals surface area contributed by atoms with Gasteiger partial charge in [-0.15, -0.1) is 0 Å². The zero-order valence-electron chi connectivity index (χ0n) is 17.8. The van der Waals surface area contributed by atoms with Gasteiger partial charge in [0, 0.05) is 23.3 Å². The lowest BCUT2D eigenvalue weighted by Crippen LogP contribution is -2.21. The molecule has 0 saturated carbocycles. The van der Waals surface area contributed by atoms with Crippen LogP contribution < -0.4 is 20.2 Å². The Morgan fingerprint density at radius 1 is 0.939 bits per heavy atom. The van der Waals surface area contributed by atoms with Gasteiger partial charge in [-0.3, -0.25) is 19.7 Å². The number of hydrazone groups is 1. The highest BCUT2D eigenvalue weighted by Gasteiger charge is 2.15. The minimum Gasteiger partial charge on any atom is -0.493 e. The van der Waals surface area contributed by atoms with E-state index >= 15 is 0 Å². The number of carbonyl (C=O) groups excluding carboxylic acids is 2. The molecule has 0 bridgehead atoms. The van der Waals surface area contributed by atoms with Crippen LogP contribution in [0.15, 0.2) is 71.8 Å². The minimum atomic E-state index is -0.570. The summed E-state index contributed by atoms with van der Waals surface area (Å²) in [6.07, 6.45) is 1.29. The Bertz CT molecular complexity index is 1230. The van der Waals surface area contributed by atoms with E-state index in [2.05, 4.69) is 15.8 Å². The largest absolute Gasteiger partial charge is 0.493 e. The lowest BCUT2D eigenvalue weighted by molar-refractivity contribution is -0.384. The Labute approximate surface area is 189 Å². The number of rotatable bonds is 8. The van der Waals surface area contributed by atoms with Gasteiger partial charge in [0.2, 0.25) is 0 Å². The van der Waals surface area contributed by atoms with Crippen LogP contribution in [0.2, 0.25) is 0 Å². The van der Waals surface area contributed by atoms with E-state index in [1.165, 1.54) is 50.8 Å². The predicted octanol–water partition coefficient (Wildman–Crippen LogP) is 3.63. The Kier molecular flexibility index (Phi) is 7.32. The third-order valence-corrected chi connectivity index (χ3v) is 4.53. The molecule has 2 amide bonds. The molecule has 0 aromatic heterocycles. The average molecular weight is 448 g/mol. The van der Waals surface area contributed by atoms with Gasteiger partial charge < -0.3 is 14.8 Å². The molecule has 0 fully saturated rings. The van der Waals surface area contributed by atoms with Crippen LogP contribution in [-0.4, -0.2) is 37.2 Å². The number of non-ortho nitro benzene ring substituents is 1. The molecule has 10 nitrogen and oxygen atoms in total. The number of methoxy groups -OCH3 is 2. The Morgan fingerprint density at radius 3 is 2.42 bits per heavy atom. The van der Waals surface area contributed by atoms with Gasteiger partial charge in [-0.2, -0.15) is 5.10 Å². The number of nitrogens with one attached hydrogen (secondary N) is 2. The Morgan fingerprint density at radius 2 is 1.70 bits per heavy atom. The number of ether oxygens (including phenoxy) is 2. The number of para-hydroxylation sites is 1. The molecule has 10 heteroatoms. The van der Waals surface area contributed by atoms with Crippen molar-refractivity contribution in [3.05, 3.63) is 93.5 Å². The normalized spacial score (nSPS) is 10.5. The van der Waals surface area contributed by atoms with E-state index in [9.17, 15) is 19.7 Å². The molecule has 0 spiro atoms. The van der Waals surface area contributed by atoms with Crippen LogP contribution in [-0.2, 0) is 0 Å². The molecule has 0 aliphatic rings. The van der Waals surface area contributed by atoms with Gasteiger partial charge in [0.15, 0.2) is 11.5 Å². The highest BCUT2D eigenvalue weighted by Crippen LogP contribution is 2.28. The second-order valence-corrected chi connectivity index (χ2v) is 6.62. The fraction of sp³-hybridized carbons (Fsp3) is 0.0870. The summed E-state index contributed by atoms with van der Waals surface area (Å²) in [6, 6.07) is 16.9. The number of amides is 2. The first-order valence-corrected chi connectivity index (χ1v) is 9.63. The summed E-state index contributed by atoms with van der Waals surface area (Å²) in [5.41, 5.74) is 3.48. The maximum atomic E-state index is 12.7. The van der Waals surface area contributed by atoms with Gasteiger partial charge in [0.1, 0.15) is 0 Å². The third kappa shape index (κ3) is 5.70. The van der Waals surface area contributed by atoms with Crippen molar-refractivity contribution in [3.8, 4) is 11.5 Å². The molecule has 0 aliphatic carbocycles. The van der Waals surface area contributed by atoms with E-state index in [4.69, 9.17) is 9.47 Å². The first kappa shape index (κ1) is 22.9. The second kappa shape index (κ2) is 10.5. The third-order valence-electron chi connectivity index (χ3n) is 4.53. The summed E-state index contributed by atoms with van der Waals surface area (Å²) >= 11 is 0. The number of carbonyl (C=O) groups is 2. The van der Waals surface area contributed by atoms with Crippen molar-refractivity contribution < 1.29 is 24.0 Å². The molecular weight excluding hydrogens is 428 g/mol. The van der Waals surface area contributed by atoms with Crippen LogP contribution in [0.25, 0.3) is 0 Å². The van der Waals surface area contributed by atoms with Crippen molar-refractivity contribution in [2.24, 2.45) is 5.10 Å². The van der Waals surface area contributed by atoms with E-state index < -0.39 is 16.7 Å². The van der Waals surface area contributed by atoms with E-state index in [0.717, 1.165) is 0 Å². The van der Waals surface area contributed by atoms with Crippen molar-refractivity contribution >= 4 is 29.4 Å². The maximum Gasteiger partial charge on any atom is 0.273 e. The number of nitrogens with zero attached hydrogens (tertiary/aromatic N) is 2. The van der Waals surface area contributed by atoms with Crippen LogP contribution in [0, 0.1) is 10.1 Å². The first-order valence-electron chi connectivity index (χ1n) is 9.63. The fourth-order valence-electron chi connectivity index (χ4n) is 2.91. The number of benzene rings is 3. The van der Waals surface area contributed by atoms with Crippen LogP contribution in [0.4, 0.5) is 11.4 Å². The van der Waals surface area contributed by atoms with Crippen LogP contribution in [0.1, 0.15) is 26.3 Å². The van der Waals surface area contributed by atoms with E-state index in [-0.39, 0.29) is 16.9 Å². The zero-order chi connectivity index (χ0) is 23.8. The Hall–Kier alpha value is -4.73. The molecule has 3 rings (SSSR count). The number of hydrogen-bond acceptors (Lipinski definition) is 7. The lowest BCUT2D eigenvalue weighted by atomic mass is 10.1. The summed E-state index contributed by atoms with van der Waals surface area (Å²) < 4.78 is 10.4. The molecule has 0 aliphatic heterocycles. The minimum absolute atomic E-state index is 0.0894. The summed E-state index contributed by atoms with van der Waals surface area (Å²) in [6.45, 7) is 0. The van der Waals surface area contributed by atoms with Crippen molar-refractivity contribution in [1.82, 2.24) is 5.43 Å². The molecule has 0 saturated heterocycles. The van der Waals surface area contributed by atoms with Crippen molar-refractivity contribution in [2.45, 2.75) is 0 Å². The predicted molar refractivity (Wildman–Crippen MR) is 122 cm³/mol. The highest BCUT2D eigenvalue weighted by molar-refractivity contribution is 6.09. The number of nitro groups is 1. The van der Waals surface area contributed by atoms with Crippen molar-refractivity contribution in [1.29, 1.82) is 0 Å². The molecule has 168 valence electrons. The molecule has 3 aromatic carbocycles. The number of nitro benzene ring substituents is 1. The summed E-state index contributed by atoms with van der Waals surface area (Å²) in [5.74, 6) is -0.140. The maximum absolute atomic E-state index is 12.7. The van der Waals surface area contributed by atoms with Gasteiger partial charge in [-0.1, -0.05) is 24.3 Å². The zero-order valence-corrected chi connectivity index (χ0v) is 17.8. The van der Waals surface area contributed by atoms with Crippen molar-refractivity contribution in [2.75, 3.05) is 19.5 Å². The van der Waals surface area contributed by atoms with Gasteiger partial charge in [-0.25, -0.2) is 5.43 Å². The summed E-state index contributed by atoms with van der Waals surface area (Å²) in [7, 11) is 2.96. The van der Waals surface area contributed by atoms with Crippen LogP contribution >= 0.6 is 0 Å². The standard InChI is InChI=1S/C23H20N4O6/c1-32-20-11-10-16(13-21(20)33-2)22(28)25-19-9-4-3-8-18(19)23(29)26-24-14-15-6-5-7-17(12-15)27(30)31/h3-14H,1-2H3,(H,25,28)(H,26,29). The second-order valence-electron chi connectivity index (χ2n) is 6.62. The molecule has 0 radical (unpaired) electrons. The van der Waals surface area contributed by atoms with E-state index in [0.29, 0.717) is 22.6 Å². The monoisotopic (exact) mass is 448 g/mol. The molecule has 0 heterocycles. The van der Waals surface area contributed by atoms with Gasteiger partial charge in [0.05, 0.1) is 36.6 Å². The number of hydrogen-bond donors (Lipinski definition) is 2. The van der Waals surface area contributed by atoms with Gasteiger partial charge in [-0.05, 0) is 30.3 Å². The SMILES string of the molecule is COc1ccc(C(=O)Nc2ccccc2C(=O)NN=Cc2cccc([N+](=O)[O-])c2)cc1OC. The van der Waals surface area contributed by atoms with Crippen molar-refractivity contribution in [3.63, 3.8) is 0 Å². The van der Waals surface area contributed by atoms with Gasteiger partial charge in [0.25, 0.3) is 17.5 Å². The van der Waals surface area contributed by atoms with Crippen LogP contribution in [0.5, 0.6) is 11.5 Å². The smallest absolute Gasteiger partial charge is 0.273 e. The molecule has 0 unspecified atom stereocenters. The topological polar surface area (TPSA) is 132 Å². The van der Waals surface area contributed by atoms with E-state index in [1.54, 1.807) is 36.4 Å².